The van der Waals surface area contributed by atoms with Gasteiger partial charge in [0.2, 0.25) is 5.91 Å². The molecule has 2 aromatic carbocycles. The van der Waals surface area contributed by atoms with Gasteiger partial charge < -0.3 is 10.6 Å². The molecule has 0 bridgehead atoms. The first-order valence-corrected chi connectivity index (χ1v) is 11.7. The van der Waals surface area contributed by atoms with E-state index >= 15 is 0 Å². The minimum atomic E-state index is -1.35. The summed E-state index contributed by atoms with van der Waals surface area (Å²) < 4.78 is 1.44. The molecule has 0 aliphatic carbocycles. The van der Waals surface area contributed by atoms with E-state index in [2.05, 4.69) is 33.1 Å². The van der Waals surface area contributed by atoms with Gasteiger partial charge in [-0.15, -0.1) is 5.10 Å². The highest BCUT2D eigenvalue weighted by molar-refractivity contribution is 6.11. The molecule has 2 heterocycles. The lowest BCUT2D eigenvalue weighted by Crippen LogP contribution is -2.41. The predicted octanol–water partition coefficient (Wildman–Crippen LogP) is 2.83. The van der Waals surface area contributed by atoms with Crippen LogP contribution >= 0.6 is 0 Å². The number of carbonyl (C=O) groups is 4. The number of carbonyl (C=O) groups excluding carboxylic acids is 4. The van der Waals surface area contributed by atoms with Gasteiger partial charge in [-0.05, 0) is 65.7 Å². The summed E-state index contributed by atoms with van der Waals surface area (Å²) >= 11 is 0. The molecular formula is C25H27N7O4. The molecule has 1 aliphatic heterocycles. The summed E-state index contributed by atoms with van der Waals surface area (Å²) in [5, 5.41) is 16.6. The number of hydrogen-bond donors (Lipinski definition) is 2. The van der Waals surface area contributed by atoms with Crippen LogP contribution in [-0.4, -0.2) is 55.3 Å². The van der Waals surface area contributed by atoms with Crippen LogP contribution in [0.15, 0.2) is 54.9 Å². The first-order valence-electron chi connectivity index (χ1n) is 11.7. The van der Waals surface area contributed by atoms with Crippen molar-refractivity contribution < 1.29 is 19.2 Å². The Kier molecular flexibility index (Phi) is 7.18. The molecule has 0 spiro atoms. The fraction of sp³-hybridized carbons (Fsp3) is 0.320. The van der Waals surface area contributed by atoms with Gasteiger partial charge in [-0.3, -0.25) is 19.3 Å². The molecule has 186 valence electrons. The van der Waals surface area contributed by atoms with Crippen molar-refractivity contribution in [1.29, 1.82) is 0 Å². The first-order chi connectivity index (χ1) is 17.3. The van der Waals surface area contributed by atoms with Gasteiger partial charge in [-0.25, -0.2) is 9.48 Å². The van der Waals surface area contributed by atoms with Gasteiger partial charge >= 0.3 is 6.03 Å². The molecule has 11 heteroatoms. The molecule has 1 fully saturated rings. The second-order valence-corrected chi connectivity index (χ2v) is 8.76. The summed E-state index contributed by atoms with van der Waals surface area (Å²) in [6.07, 6.45) is 4.72. The predicted molar refractivity (Wildman–Crippen MR) is 130 cm³/mol. The van der Waals surface area contributed by atoms with Crippen molar-refractivity contribution in [3.8, 4) is 5.69 Å². The number of Topliss-reactive ketones (excluding diaryl/α,β-unsaturated/α-hetero) is 1. The Morgan fingerprint density at radius 2 is 1.86 bits per heavy atom. The van der Waals surface area contributed by atoms with E-state index in [0.29, 0.717) is 28.9 Å². The molecule has 4 rings (SSSR count). The number of amides is 4. The Labute approximate surface area is 207 Å². The van der Waals surface area contributed by atoms with E-state index in [1.165, 1.54) is 11.0 Å². The van der Waals surface area contributed by atoms with Gasteiger partial charge in [0.1, 0.15) is 11.9 Å². The second kappa shape index (κ2) is 10.5. The van der Waals surface area contributed by atoms with Crippen LogP contribution in [0.4, 0.5) is 10.5 Å². The maximum Gasteiger partial charge on any atom is 0.325 e. The lowest BCUT2D eigenvalue weighted by atomic mass is 9.91. The van der Waals surface area contributed by atoms with Crippen LogP contribution < -0.4 is 10.6 Å². The Morgan fingerprint density at radius 3 is 2.56 bits per heavy atom. The lowest BCUT2D eigenvalue weighted by molar-refractivity contribution is -0.130. The topological polar surface area (TPSA) is 139 Å². The van der Waals surface area contributed by atoms with Crippen LogP contribution in [0.25, 0.3) is 5.69 Å². The molecule has 4 amide bonds. The number of nitrogens with one attached hydrogen (secondary N) is 2. The Bertz CT molecular complexity index is 1270. The summed E-state index contributed by atoms with van der Waals surface area (Å²) in [5.74, 6) is -1.01. The van der Waals surface area contributed by atoms with Crippen LogP contribution in [0.1, 0.15) is 55.5 Å². The fourth-order valence-electron chi connectivity index (χ4n) is 4.01. The van der Waals surface area contributed by atoms with E-state index in [1.54, 1.807) is 55.5 Å². The van der Waals surface area contributed by atoms with E-state index < -0.39 is 29.8 Å². The van der Waals surface area contributed by atoms with Crippen molar-refractivity contribution in [2.75, 3.05) is 11.9 Å². The molecule has 1 aromatic heterocycles. The SMILES string of the molecule is CCCCCC(=O)Nc1ccc(C(=O)CN2C(=O)N[C@](C)(c3cccc(-n4cnnn4)c3)C2=O)cc1. The largest absolute Gasteiger partial charge is 0.326 e. The van der Waals surface area contributed by atoms with Crippen LogP contribution in [0.5, 0.6) is 0 Å². The average molecular weight is 490 g/mol. The monoisotopic (exact) mass is 489 g/mol. The normalized spacial score (nSPS) is 17.2. The molecule has 0 unspecified atom stereocenters. The number of hydrogen-bond acceptors (Lipinski definition) is 7. The number of tetrazole rings is 1. The summed E-state index contributed by atoms with van der Waals surface area (Å²) in [6.45, 7) is 3.26. The highest BCUT2D eigenvalue weighted by Crippen LogP contribution is 2.30. The number of imide groups is 1. The zero-order valence-corrected chi connectivity index (χ0v) is 20.1. The number of nitrogens with zero attached hydrogens (tertiary/aromatic N) is 5. The van der Waals surface area contributed by atoms with Gasteiger partial charge in [-0.1, -0.05) is 31.9 Å². The van der Waals surface area contributed by atoms with Crippen LogP contribution in [0.3, 0.4) is 0 Å². The van der Waals surface area contributed by atoms with Gasteiger partial charge in [0.25, 0.3) is 5.91 Å². The second-order valence-electron chi connectivity index (χ2n) is 8.76. The third kappa shape index (κ3) is 5.14. The minimum absolute atomic E-state index is 0.0784. The summed E-state index contributed by atoms with van der Waals surface area (Å²) in [4.78, 5) is 51.8. The minimum Gasteiger partial charge on any atom is -0.326 e. The van der Waals surface area contributed by atoms with Crippen LogP contribution in [0.2, 0.25) is 0 Å². The molecule has 0 radical (unpaired) electrons. The number of benzene rings is 2. The van der Waals surface area contributed by atoms with E-state index in [4.69, 9.17) is 0 Å². The van der Waals surface area contributed by atoms with E-state index in [-0.39, 0.29) is 5.91 Å². The van der Waals surface area contributed by atoms with Gasteiger partial charge in [-0.2, -0.15) is 0 Å². The molecule has 0 saturated carbocycles. The third-order valence-corrected chi connectivity index (χ3v) is 6.11. The zero-order chi connectivity index (χ0) is 25.7. The van der Waals surface area contributed by atoms with Crippen molar-refractivity contribution >= 4 is 29.3 Å². The summed E-state index contributed by atoms with van der Waals surface area (Å²) in [6, 6.07) is 12.7. The Balaban J connectivity index is 1.43. The molecule has 11 nitrogen and oxygen atoms in total. The van der Waals surface area contributed by atoms with Crippen molar-refractivity contribution in [3.05, 3.63) is 66.0 Å². The molecular weight excluding hydrogens is 462 g/mol. The highest BCUT2D eigenvalue weighted by Gasteiger charge is 2.49. The van der Waals surface area contributed by atoms with E-state index in [1.807, 2.05) is 0 Å². The number of aromatic nitrogens is 4. The number of urea groups is 1. The molecule has 1 saturated heterocycles. The third-order valence-electron chi connectivity index (χ3n) is 6.11. The Hall–Kier alpha value is -4.41. The standard InChI is InChI=1S/C25H27N7O4/c1-3-4-5-9-22(34)27-19-12-10-17(11-13-19)21(33)15-31-23(35)25(2,28-24(31)36)18-7-6-8-20(14-18)32-16-26-29-30-32/h6-8,10-14,16H,3-5,9,15H2,1-2H3,(H,27,34)(H,28,36)/t25-/m1/s1. The molecule has 36 heavy (non-hydrogen) atoms. The average Bonchev–Trinajstić information content (AvgIpc) is 3.49. The van der Waals surface area contributed by atoms with Crippen LogP contribution in [0, 0.1) is 0 Å². The first kappa shape index (κ1) is 24.7. The molecule has 1 atom stereocenters. The number of unbranched alkanes of at least 4 members (excludes halogenated alkanes) is 2. The van der Waals surface area contributed by atoms with E-state index in [0.717, 1.165) is 24.2 Å². The van der Waals surface area contributed by atoms with Gasteiger partial charge in [0, 0.05) is 17.7 Å². The Morgan fingerprint density at radius 1 is 1.08 bits per heavy atom. The number of ketones is 1. The van der Waals surface area contributed by atoms with Gasteiger partial charge in [0.15, 0.2) is 5.78 Å². The van der Waals surface area contributed by atoms with Crippen molar-refractivity contribution in [1.82, 2.24) is 30.4 Å². The molecule has 2 N–H and O–H groups in total. The lowest BCUT2D eigenvalue weighted by Gasteiger charge is -2.22. The fourth-order valence-corrected chi connectivity index (χ4v) is 4.01. The molecule has 3 aromatic rings. The molecule has 1 aliphatic rings. The van der Waals surface area contributed by atoms with Crippen molar-refractivity contribution in [2.45, 2.75) is 45.1 Å². The summed E-state index contributed by atoms with van der Waals surface area (Å²) in [5.41, 5.74) is 0.704. The zero-order valence-electron chi connectivity index (χ0n) is 20.1. The van der Waals surface area contributed by atoms with Crippen molar-refractivity contribution in [3.63, 3.8) is 0 Å². The smallest absolute Gasteiger partial charge is 0.325 e. The highest BCUT2D eigenvalue weighted by atomic mass is 16.2. The van der Waals surface area contributed by atoms with E-state index in [9.17, 15) is 19.2 Å². The summed E-state index contributed by atoms with van der Waals surface area (Å²) in [7, 11) is 0. The maximum absolute atomic E-state index is 13.3. The van der Waals surface area contributed by atoms with Crippen LogP contribution in [-0.2, 0) is 15.1 Å². The number of rotatable bonds is 10. The maximum atomic E-state index is 13.3. The van der Waals surface area contributed by atoms with Crippen molar-refractivity contribution in [2.24, 2.45) is 0 Å². The van der Waals surface area contributed by atoms with Gasteiger partial charge in [0.05, 0.1) is 12.2 Å². The number of anilines is 1. The quantitative estimate of drug-likeness (QED) is 0.254.